The van der Waals surface area contributed by atoms with Crippen LogP contribution in [0.3, 0.4) is 0 Å². The predicted molar refractivity (Wildman–Crippen MR) is 106 cm³/mol. The molecular formula is C20H29BrN2O3. The highest BCUT2D eigenvalue weighted by atomic mass is 79.9. The molecule has 1 saturated heterocycles. The maximum absolute atomic E-state index is 12.2. The maximum Gasteiger partial charge on any atom is 0.220 e. The Bertz CT molecular complexity index is 600. The molecule has 1 heterocycles. The maximum atomic E-state index is 12.2. The van der Waals surface area contributed by atoms with Gasteiger partial charge < -0.3 is 15.4 Å². The highest BCUT2D eigenvalue weighted by Crippen LogP contribution is 2.35. The molecule has 0 atom stereocenters. The molecule has 5 nitrogen and oxygen atoms in total. The lowest BCUT2D eigenvalue weighted by atomic mass is 9.74. The summed E-state index contributed by atoms with van der Waals surface area (Å²) < 4.78 is 6.61. The number of carbonyl (C=O) groups excluding carboxylic acids is 2. The number of benzene rings is 1. The van der Waals surface area contributed by atoms with Gasteiger partial charge in [0.25, 0.3) is 0 Å². The number of halogens is 1. The van der Waals surface area contributed by atoms with Gasteiger partial charge in [-0.3, -0.25) is 9.59 Å². The van der Waals surface area contributed by atoms with Crippen LogP contribution in [0.15, 0.2) is 28.7 Å². The van der Waals surface area contributed by atoms with E-state index >= 15 is 0 Å². The van der Waals surface area contributed by atoms with Crippen molar-refractivity contribution in [3.63, 3.8) is 0 Å². The second kappa shape index (κ2) is 10.7. The number of rotatable bonds is 9. The summed E-state index contributed by atoms with van der Waals surface area (Å²) >= 11 is 3.55. The van der Waals surface area contributed by atoms with Gasteiger partial charge in [0.2, 0.25) is 11.8 Å². The van der Waals surface area contributed by atoms with Gasteiger partial charge in [-0.15, -0.1) is 0 Å². The molecular weight excluding hydrogens is 396 g/mol. The van der Waals surface area contributed by atoms with Crippen LogP contribution in [-0.2, 0) is 19.7 Å². The molecule has 0 unspecified atom stereocenters. The van der Waals surface area contributed by atoms with E-state index in [0.29, 0.717) is 19.5 Å². The molecule has 144 valence electrons. The highest BCUT2D eigenvalue weighted by Gasteiger charge is 2.34. The van der Waals surface area contributed by atoms with Crippen LogP contribution >= 0.6 is 15.9 Å². The second-order valence-corrected chi connectivity index (χ2v) is 7.89. The summed E-state index contributed by atoms with van der Waals surface area (Å²) in [6.07, 6.45) is 5.06. The Morgan fingerprint density at radius 2 is 1.92 bits per heavy atom. The lowest BCUT2D eigenvalue weighted by molar-refractivity contribution is -0.122. The van der Waals surface area contributed by atoms with Gasteiger partial charge in [0, 0.05) is 49.5 Å². The van der Waals surface area contributed by atoms with Crippen LogP contribution in [-0.4, -0.2) is 38.1 Å². The van der Waals surface area contributed by atoms with Gasteiger partial charge in [0.1, 0.15) is 0 Å². The molecule has 1 aromatic rings. The number of amides is 2. The van der Waals surface area contributed by atoms with E-state index in [0.717, 1.165) is 49.8 Å². The Morgan fingerprint density at radius 3 is 2.62 bits per heavy atom. The molecule has 0 aromatic heterocycles. The van der Waals surface area contributed by atoms with Crippen molar-refractivity contribution in [1.82, 2.24) is 10.6 Å². The molecule has 1 aliphatic rings. The fourth-order valence-electron chi connectivity index (χ4n) is 3.36. The molecule has 6 heteroatoms. The molecule has 1 fully saturated rings. The quantitative estimate of drug-likeness (QED) is 0.597. The minimum atomic E-state index is -0.0525. The van der Waals surface area contributed by atoms with Crippen LogP contribution in [0.1, 0.15) is 51.0 Å². The first-order chi connectivity index (χ1) is 12.5. The zero-order chi connectivity index (χ0) is 18.8. The third kappa shape index (κ3) is 6.72. The summed E-state index contributed by atoms with van der Waals surface area (Å²) in [7, 11) is 0. The zero-order valence-electron chi connectivity index (χ0n) is 15.5. The normalized spacial score (nSPS) is 16.1. The number of carbonyl (C=O) groups is 2. The van der Waals surface area contributed by atoms with Crippen molar-refractivity contribution < 1.29 is 14.3 Å². The van der Waals surface area contributed by atoms with Gasteiger partial charge in [-0.05, 0) is 43.4 Å². The molecule has 2 rings (SSSR count). The van der Waals surface area contributed by atoms with E-state index < -0.39 is 0 Å². The van der Waals surface area contributed by atoms with Gasteiger partial charge in [0.05, 0.1) is 0 Å². The van der Waals surface area contributed by atoms with Crippen molar-refractivity contribution in [2.45, 2.75) is 50.9 Å². The van der Waals surface area contributed by atoms with Gasteiger partial charge >= 0.3 is 0 Å². The van der Waals surface area contributed by atoms with E-state index in [1.807, 2.05) is 12.1 Å². The monoisotopic (exact) mass is 424 g/mol. The minimum absolute atomic E-state index is 0.00273. The van der Waals surface area contributed by atoms with Crippen LogP contribution in [0.5, 0.6) is 0 Å². The summed E-state index contributed by atoms with van der Waals surface area (Å²) in [5.74, 6) is 0.0995. The van der Waals surface area contributed by atoms with E-state index in [9.17, 15) is 9.59 Å². The highest BCUT2D eigenvalue weighted by molar-refractivity contribution is 9.10. The first kappa shape index (κ1) is 20.9. The van der Waals surface area contributed by atoms with Crippen molar-refractivity contribution in [2.24, 2.45) is 0 Å². The van der Waals surface area contributed by atoms with E-state index in [2.05, 4.69) is 38.7 Å². The van der Waals surface area contributed by atoms with Crippen LogP contribution in [0.4, 0.5) is 0 Å². The number of hydrogen-bond acceptors (Lipinski definition) is 3. The summed E-state index contributed by atoms with van der Waals surface area (Å²) in [5, 5.41) is 5.92. The van der Waals surface area contributed by atoms with Gasteiger partial charge in [-0.1, -0.05) is 34.5 Å². The molecule has 0 aliphatic carbocycles. The van der Waals surface area contributed by atoms with Crippen molar-refractivity contribution in [2.75, 3.05) is 26.3 Å². The standard InChI is InChI=1S/C20H29BrN2O3/c1-16(24)22-11-4-2-3-8-19(25)23-15-20(9-12-26-13-10-20)17-6-5-7-18(21)14-17/h5-7,14H,2-4,8-13,15H2,1H3,(H,22,24)(H,23,25). The minimum Gasteiger partial charge on any atom is -0.381 e. The van der Waals surface area contributed by atoms with Crippen molar-refractivity contribution >= 4 is 27.7 Å². The molecule has 1 aromatic carbocycles. The Kier molecular flexibility index (Phi) is 8.59. The third-order valence-corrected chi connectivity index (χ3v) is 5.46. The average Bonchev–Trinajstić information content (AvgIpc) is 2.63. The summed E-state index contributed by atoms with van der Waals surface area (Å²) in [6.45, 7) is 4.31. The van der Waals surface area contributed by atoms with Crippen molar-refractivity contribution in [1.29, 1.82) is 0 Å². The van der Waals surface area contributed by atoms with Gasteiger partial charge in [-0.25, -0.2) is 0 Å². The van der Waals surface area contributed by atoms with E-state index in [1.165, 1.54) is 12.5 Å². The van der Waals surface area contributed by atoms with Crippen LogP contribution < -0.4 is 10.6 Å². The van der Waals surface area contributed by atoms with Crippen LogP contribution in [0.25, 0.3) is 0 Å². The second-order valence-electron chi connectivity index (χ2n) is 6.97. The largest absolute Gasteiger partial charge is 0.381 e. The zero-order valence-corrected chi connectivity index (χ0v) is 17.1. The Hall–Kier alpha value is -1.40. The molecule has 0 spiro atoms. The SMILES string of the molecule is CC(=O)NCCCCCC(=O)NCC1(c2cccc(Br)c2)CCOCC1. The Labute approximate surface area is 164 Å². The lowest BCUT2D eigenvalue weighted by Gasteiger charge is -2.38. The van der Waals surface area contributed by atoms with E-state index in [-0.39, 0.29) is 17.2 Å². The Morgan fingerprint density at radius 1 is 1.15 bits per heavy atom. The average molecular weight is 425 g/mol. The molecule has 0 saturated carbocycles. The molecule has 1 aliphatic heterocycles. The lowest BCUT2D eigenvalue weighted by Crippen LogP contribution is -2.44. The molecule has 0 bridgehead atoms. The summed E-state index contributed by atoms with van der Waals surface area (Å²) in [6, 6.07) is 8.37. The third-order valence-electron chi connectivity index (χ3n) is 4.97. The van der Waals surface area contributed by atoms with E-state index in [1.54, 1.807) is 0 Å². The number of nitrogens with one attached hydrogen (secondary N) is 2. The fraction of sp³-hybridized carbons (Fsp3) is 0.600. The number of unbranched alkanes of at least 4 members (excludes halogenated alkanes) is 2. The molecule has 26 heavy (non-hydrogen) atoms. The van der Waals surface area contributed by atoms with Crippen molar-refractivity contribution in [3.8, 4) is 0 Å². The molecule has 2 amide bonds. The van der Waals surface area contributed by atoms with Gasteiger partial charge in [0.15, 0.2) is 0 Å². The predicted octanol–water partition coefficient (Wildman–Crippen LogP) is 3.31. The fourth-order valence-corrected chi connectivity index (χ4v) is 3.76. The smallest absolute Gasteiger partial charge is 0.220 e. The first-order valence-corrected chi connectivity index (χ1v) is 10.2. The van der Waals surface area contributed by atoms with Gasteiger partial charge in [-0.2, -0.15) is 0 Å². The first-order valence-electron chi connectivity index (χ1n) is 9.37. The summed E-state index contributed by atoms with van der Waals surface area (Å²) in [4.78, 5) is 23.0. The van der Waals surface area contributed by atoms with Crippen molar-refractivity contribution in [3.05, 3.63) is 34.3 Å². The Balaban J connectivity index is 1.80. The number of hydrogen-bond donors (Lipinski definition) is 2. The molecule has 2 N–H and O–H groups in total. The topological polar surface area (TPSA) is 67.4 Å². The van der Waals surface area contributed by atoms with Crippen LogP contribution in [0.2, 0.25) is 0 Å². The van der Waals surface area contributed by atoms with E-state index in [4.69, 9.17) is 4.74 Å². The van der Waals surface area contributed by atoms with Crippen LogP contribution in [0, 0.1) is 0 Å². The summed E-state index contributed by atoms with van der Waals surface area (Å²) in [5.41, 5.74) is 1.20. The molecule has 0 radical (unpaired) electrons. The number of ether oxygens (including phenoxy) is 1.